The van der Waals surface area contributed by atoms with Gasteiger partial charge in [-0.1, -0.05) is 19.3 Å². The van der Waals surface area contributed by atoms with Crippen LogP contribution in [0, 0.1) is 5.92 Å². The van der Waals surface area contributed by atoms with E-state index in [1.165, 1.54) is 32.1 Å². The molecule has 1 aliphatic heterocycles. The van der Waals surface area contributed by atoms with Crippen molar-refractivity contribution in [3.05, 3.63) is 0 Å². The maximum Gasteiger partial charge on any atom is 0.0760 e. The van der Waals surface area contributed by atoms with Crippen LogP contribution in [0.2, 0.25) is 0 Å². The average molecular weight is 268 g/mol. The lowest BCUT2D eigenvalue weighted by molar-refractivity contribution is -0.191. The van der Waals surface area contributed by atoms with E-state index < -0.39 is 0 Å². The topological polar surface area (TPSA) is 38.5 Å². The summed E-state index contributed by atoms with van der Waals surface area (Å²) in [5.74, 6) is 0.673. The largest absolute Gasteiger partial charge is 0.367 e. The highest BCUT2D eigenvalue weighted by atomic mass is 16.5. The SMILES string of the molecule is CC1(C)CN(C2CCCCCC2CN)CC(C)(C)O1. The van der Waals surface area contributed by atoms with E-state index in [0.29, 0.717) is 12.0 Å². The molecule has 2 aliphatic rings. The smallest absolute Gasteiger partial charge is 0.0760 e. The molecule has 0 amide bonds. The second-order valence-corrected chi connectivity index (χ2v) is 7.73. The number of rotatable bonds is 2. The molecule has 3 nitrogen and oxygen atoms in total. The molecular formula is C16H32N2O. The molecule has 1 saturated heterocycles. The van der Waals surface area contributed by atoms with E-state index in [4.69, 9.17) is 10.5 Å². The average Bonchev–Trinajstić information content (AvgIpc) is 2.49. The van der Waals surface area contributed by atoms with Crippen LogP contribution in [0.1, 0.15) is 59.8 Å². The summed E-state index contributed by atoms with van der Waals surface area (Å²) in [4.78, 5) is 2.67. The summed E-state index contributed by atoms with van der Waals surface area (Å²) in [5, 5.41) is 0. The predicted octanol–water partition coefficient (Wildman–Crippen LogP) is 2.78. The molecule has 19 heavy (non-hydrogen) atoms. The maximum absolute atomic E-state index is 6.21. The summed E-state index contributed by atoms with van der Waals surface area (Å²) in [5.41, 5.74) is 5.95. The Hall–Kier alpha value is -0.120. The molecule has 2 unspecified atom stereocenters. The van der Waals surface area contributed by atoms with Crippen molar-refractivity contribution in [2.45, 2.75) is 77.0 Å². The third kappa shape index (κ3) is 3.93. The lowest BCUT2D eigenvalue weighted by Gasteiger charge is -2.51. The Kier molecular flexibility index (Phi) is 4.59. The summed E-state index contributed by atoms with van der Waals surface area (Å²) in [7, 11) is 0. The molecule has 0 spiro atoms. The first-order chi connectivity index (χ1) is 8.83. The molecule has 2 rings (SSSR count). The zero-order valence-electron chi connectivity index (χ0n) is 13.2. The molecular weight excluding hydrogens is 236 g/mol. The van der Waals surface area contributed by atoms with Crippen LogP contribution >= 0.6 is 0 Å². The molecule has 2 N–H and O–H groups in total. The van der Waals surface area contributed by atoms with Gasteiger partial charge in [-0.15, -0.1) is 0 Å². The molecule has 0 radical (unpaired) electrons. The highest BCUT2D eigenvalue weighted by Crippen LogP contribution is 2.34. The Morgan fingerprint density at radius 1 is 1.00 bits per heavy atom. The van der Waals surface area contributed by atoms with Gasteiger partial charge in [0.05, 0.1) is 11.2 Å². The van der Waals surface area contributed by atoms with Crippen LogP contribution in [0.3, 0.4) is 0 Å². The van der Waals surface area contributed by atoms with Crippen molar-refractivity contribution in [2.75, 3.05) is 19.6 Å². The second-order valence-electron chi connectivity index (χ2n) is 7.73. The van der Waals surface area contributed by atoms with Crippen LogP contribution in [-0.2, 0) is 4.74 Å². The Morgan fingerprint density at radius 3 is 2.16 bits per heavy atom. The zero-order chi connectivity index (χ0) is 14.1. The van der Waals surface area contributed by atoms with Gasteiger partial charge >= 0.3 is 0 Å². The van der Waals surface area contributed by atoms with Crippen LogP contribution in [0.5, 0.6) is 0 Å². The van der Waals surface area contributed by atoms with Crippen LogP contribution in [0.15, 0.2) is 0 Å². The van der Waals surface area contributed by atoms with Gasteiger partial charge < -0.3 is 10.5 Å². The van der Waals surface area contributed by atoms with Gasteiger partial charge in [0.25, 0.3) is 0 Å². The molecule has 0 bridgehead atoms. The van der Waals surface area contributed by atoms with Gasteiger partial charge in [0.2, 0.25) is 0 Å². The van der Waals surface area contributed by atoms with E-state index in [1.807, 2.05) is 0 Å². The van der Waals surface area contributed by atoms with E-state index in [1.54, 1.807) is 0 Å². The first kappa shape index (κ1) is 15.3. The number of morpholine rings is 1. The van der Waals surface area contributed by atoms with Gasteiger partial charge in [-0.2, -0.15) is 0 Å². The van der Waals surface area contributed by atoms with Gasteiger partial charge in [0.15, 0.2) is 0 Å². The quantitative estimate of drug-likeness (QED) is 0.783. The summed E-state index contributed by atoms with van der Waals surface area (Å²) < 4.78 is 6.21. The Labute approximate surface area is 118 Å². The van der Waals surface area contributed by atoms with Gasteiger partial charge in [-0.25, -0.2) is 0 Å². The Bertz CT molecular complexity index is 285. The zero-order valence-corrected chi connectivity index (χ0v) is 13.2. The fourth-order valence-corrected chi connectivity index (χ4v) is 4.20. The highest BCUT2D eigenvalue weighted by molar-refractivity contribution is 4.94. The maximum atomic E-state index is 6.21. The molecule has 112 valence electrons. The van der Waals surface area contributed by atoms with Crippen molar-refractivity contribution in [1.29, 1.82) is 0 Å². The van der Waals surface area contributed by atoms with Gasteiger partial charge in [-0.3, -0.25) is 4.90 Å². The molecule has 1 saturated carbocycles. The van der Waals surface area contributed by atoms with Crippen LogP contribution in [-0.4, -0.2) is 41.8 Å². The number of ether oxygens (including phenoxy) is 1. The molecule has 0 aromatic heterocycles. The van der Waals surface area contributed by atoms with Crippen LogP contribution < -0.4 is 5.73 Å². The summed E-state index contributed by atoms with van der Waals surface area (Å²) in [6.45, 7) is 11.8. The monoisotopic (exact) mass is 268 g/mol. The van der Waals surface area contributed by atoms with Crippen molar-refractivity contribution in [1.82, 2.24) is 4.90 Å². The number of nitrogens with two attached hydrogens (primary N) is 1. The molecule has 1 aliphatic carbocycles. The fraction of sp³-hybridized carbons (Fsp3) is 1.00. The van der Waals surface area contributed by atoms with E-state index >= 15 is 0 Å². The van der Waals surface area contributed by atoms with Crippen LogP contribution in [0.25, 0.3) is 0 Å². The normalized spacial score (nSPS) is 35.8. The molecule has 0 aromatic rings. The standard InChI is InChI=1S/C16H32N2O/c1-15(2)11-18(12-16(3,4)19-15)14-9-7-5-6-8-13(14)10-17/h13-14H,5-12,17H2,1-4H3. The third-order valence-corrected chi connectivity index (χ3v) is 4.61. The Morgan fingerprint density at radius 2 is 1.58 bits per heavy atom. The van der Waals surface area contributed by atoms with Crippen molar-refractivity contribution in [2.24, 2.45) is 11.7 Å². The van der Waals surface area contributed by atoms with Gasteiger partial charge in [0, 0.05) is 19.1 Å². The Balaban J connectivity index is 2.13. The van der Waals surface area contributed by atoms with E-state index in [0.717, 1.165) is 19.6 Å². The first-order valence-electron chi connectivity index (χ1n) is 7.97. The van der Waals surface area contributed by atoms with Gasteiger partial charge in [-0.05, 0) is 53.0 Å². The molecule has 2 atom stereocenters. The van der Waals surface area contributed by atoms with E-state index in [-0.39, 0.29) is 11.2 Å². The number of hydrogen-bond acceptors (Lipinski definition) is 3. The lowest BCUT2D eigenvalue weighted by atomic mass is 9.89. The van der Waals surface area contributed by atoms with E-state index in [9.17, 15) is 0 Å². The number of nitrogens with zero attached hydrogens (tertiary/aromatic N) is 1. The fourth-order valence-electron chi connectivity index (χ4n) is 4.20. The van der Waals surface area contributed by atoms with Crippen molar-refractivity contribution in [3.63, 3.8) is 0 Å². The minimum Gasteiger partial charge on any atom is -0.367 e. The van der Waals surface area contributed by atoms with Crippen molar-refractivity contribution < 1.29 is 4.74 Å². The predicted molar refractivity (Wildman–Crippen MR) is 80.2 cm³/mol. The number of hydrogen-bond donors (Lipinski definition) is 1. The third-order valence-electron chi connectivity index (χ3n) is 4.61. The summed E-state index contributed by atoms with van der Waals surface area (Å²) in [6.07, 6.45) is 6.71. The van der Waals surface area contributed by atoms with E-state index in [2.05, 4.69) is 32.6 Å². The summed E-state index contributed by atoms with van der Waals surface area (Å²) in [6, 6.07) is 0.662. The van der Waals surface area contributed by atoms with Crippen molar-refractivity contribution in [3.8, 4) is 0 Å². The molecule has 0 aromatic carbocycles. The second kappa shape index (κ2) is 5.71. The lowest BCUT2D eigenvalue weighted by Crippen LogP contribution is -2.61. The highest BCUT2D eigenvalue weighted by Gasteiger charge is 2.42. The minimum absolute atomic E-state index is 0.0484. The van der Waals surface area contributed by atoms with Crippen LogP contribution in [0.4, 0.5) is 0 Å². The van der Waals surface area contributed by atoms with Crippen molar-refractivity contribution >= 4 is 0 Å². The summed E-state index contributed by atoms with van der Waals surface area (Å²) >= 11 is 0. The van der Waals surface area contributed by atoms with Gasteiger partial charge in [0.1, 0.15) is 0 Å². The minimum atomic E-state index is -0.0484. The first-order valence-corrected chi connectivity index (χ1v) is 7.97. The molecule has 2 fully saturated rings. The molecule has 1 heterocycles. The molecule has 3 heteroatoms.